The summed E-state index contributed by atoms with van der Waals surface area (Å²) >= 11 is 1.25. The minimum Gasteiger partial charge on any atom is -1.00 e. The van der Waals surface area contributed by atoms with Crippen LogP contribution in [0.4, 0.5) is 0 Å². The van der Waals surface area contributed by atoms with Gasteiger partial charge in [0.15, 0.2) is 0 Å². The molecule has 0 atom stereocenters. The number of halogens is 2. The van der Waals surface area contributed by atoms with Gasteiger partial charge in [-0.1, -0.05) is 0 Å². The molecule has 0 saturated heterocycles. The third-order valence-electron chi connectivity index (χ3n) is 0.771. The Balaban J connectivity index is 0. The molecule has 1 aliphatic rings. The van der Waals surface area contributed by atoms with E-state index in [9.17, 15) is 0 Å². The molecule has 3 heteroatoms. The van der Waals surface area contributed by atoms with Gasteiger partial charge >= 0.3 is 65.4 Å². The van der Waals surface area contributed by atoms with Gasteiger partial charge in [0.05, 0.1) is 0 Å². The third kappa shape index (κ3) is 4.33. The van der Waals surface area contributed by atoms with Gasteiger partial charge in [-0.05, 0) is 0 Å². The van der Waals surface area contributed by atoms with E-state index in [0.29, 0.717) is 0 Å². The minimum atomic E-state index is 0. The first-order chi connectivity index (χ1) is 2.89. The molecule has 1 rings (SSSR count). The fraction of sp³-hybridized carbons (Fsp3) is 0.200. The fourth-order valence-electron chi connectivity index (χ4n) is 0.447. The van der Waals surface area contributed by atoms with Gasteiger partial charge in [0.25, 0.3) is 0 Å². The zero-order valence-electron chi connectivity index (χ0n) is 4.20. The van der Waals surface area contributed by atoms with E-state index in [-0.39, 0.29) is 24.8 Å². The van der Waals surface area contributed by atoms with Gasteiger partial charge in [0.1, 0.15) is 0 Å². The molecule has 0 saturated carbocycles. The van der Waals surface area contributed by atoms with Crippen molar-refractivity contribution < 1.29 is 64.5 Å². The zero-order chi connectivity index (χ0) is 4.41. The van der Waals surface area contributed by atoms with Crippen LogP contribution in [0.3, 0.4) is 0 Å². The van der Waals surface area contributed by atoms with Crippen molar-refractivity contribution >= 4 is 0 Å². The maximum atomic E-state index is 2.20. The van der Waals surface area contributed by atoms with Crippen molar-refractivity contribution in [2.45, 2.75) is 6.42 Å². The van der Waals surface area contributed by atoms with Gasteiger partial charge in [0.2, 0.25) is 0 Å². The normalized spacial score (nSPS) is 14.0. The predicted octanol–water partition coefficient (Wildman–Crippen LogP) is -4.61. The molecule has 0 fully saturated rings. The Bertz CT molecular complexity index is 107. The molecule has 0 unspecified atom stereocenters. The Morgan fingerprint density at radius 2 is 2.00 bits per heavy atom. The molecule has 0 heterocycles. The van der Waals surface area contributed by atoms with Gasteiger partial charge in [-0.15, -0.1) is 0 Å². The summed E-state index contributed by atoms with van der Waals surface area (Å²) in [5.41, 5.74) is 0. The van der Waals surface area contributed by atoms with E-state index < -0.39 is 0 Å². The van der Waals surface area contributed by atoms with E-state index in [2.05, 4.69) is 18.2 Å². The van der Waals surface area contributed by atoms with Crippen molar-refractivity contribution in [3.05, 3.63) is 19.3 Å². The van der Waals surface area contributed by atoms with E-state index in [0.717, 1.165) is 0 Å². The fourth-order valence-corrected chi connectivity index (χ4v) is 1.12. The topological polar surface area (TPSA) is 0 Å². The van der Waals surface area contributed by atoms with Crippen LogP contribution in [0.15, 0.2) is 19.3 Å². The van der Waals surface area contributed by atoms with Gasteiger partial charge in [-0.25, -0.2) is 0 Å². The van der Waals surface area contributed by atoms with E-state index in [1.807, 2.05) is 0 Å². The Morgan fingerprint density at radius 1 is 1.38 bits per heavy atom. The van der Waals surface area contributed by atoms with Crippen LogP contribution < -0.4 is 24.8 Å². The van der Waals surface area contributed by atoms with Crippen LogP contribution in [0.2, 0.25) is 0 Å². The maximum Gasteiger partial charge on any atom is -1.00 e. The summed E-state index contributed by atoms with van der Waals surface area (Å²) in [4.78, 5) is 0. The van der Waals surface area contributed by atoms with Gasteiger partial charge in [0, 0.05) is 0 Å². The molecule has 0 amide bonds. The molecule has 0 nitrogen and oxygen atoms in total. The van der Waals surface area contributed by atoms with Crippen LogP contribution in [0, 0.1) is 39.6 Å². The summed E-state index contributed by atoms with van der Waals surface area (Å²) in [6.45, 7) is 0. The molecule has 0 spiro atoms. The first kappa shape index (κ1) is 12.1. The second-order valence-electron chi connectivity index (χ2n) is 1.32. The summed E-state index contributed by atoms with van der Waals surface area (Å²) in [6, 6.07) is 0. The van der Waals surface area contributed by atoms with E-state index in [1.54, 1.807) is 1.09 Å². The number of hydrogen-bond donors (Lipinski definition) is 0. The van der Waals surface area contributed by atoms with Crippen molar-refractivity contribution in [3.63, 3.8) is 0 Å². The van der Waals surface area contributed by atoms with Gasteiger partial charge in [-0.2, -0.15) is 0 Å². The molecule has 0 aromatic rings. The molecule has 0 aliphatic heterocycles. The molecule has 0 radical (unpaired) electrons. The SMILES string of the molecule is [Ce+2][C]1=CC=CC1.[Cl-].[Cl-]. The molecule has 0 aromatic carbocycles. The summed E-state index contributed by atoms with van der Waals surface area (Å²) in [7, 11) is 0. The molecular formula is C5H5CeCl2. The molecule has 8 heavy (non-hydrogen) atoms. The first-order valence-corrected chi connectivity index (χ1v) is 3.54. The van der Waals surface area contributed by atoms with Gasteiger partial charge in [-0.3, -0.25) is 0 Å². The molecule has 0 bridgehead atoms. The van der Waals surface area contributed by atoms with E-state index in [1.165, 1.54) is 46.1 Å². The number of hydrogen-bond acceptors (Lipinski definition) is 0. The quantitative estimate of drug-likeness (QED) is 0.418. The maximum absolute atomic E-state index is 2.20. The molecule has 1 aliphatic carbocycles. The zero-order valence-corrected chi connectivity index (χ0v) is 8.85. The van der Waals surface area contributed by atoms with Gasteiger partial charge < -0.3 is 24.8 Å². The second kappa shape index (κ2) is 6.56. The number of allylic oxidation sites excluding steroid dienone is 4. The van der Waals surface area contributed by atoms with Crippen molar-refractivity contribution in [1.82, 2.24) is 0 Å². The van der Waals surface area contributed by atoms with Crippen molar-refractivity contribution in [2.24, 2.45) is 0 Å². The predicted molar refractivity (Wildman–Crippen MR) is 21.8 cm³/mol. The molecular weight excluding hydrogens is 271 g/mol. The largest absolute Gasteiger partial charge is 1.00 e. The standard InChI is InChI=1S/C5H5.Ce.2ClH/c1-2-4-5-3-1;;;/h1-3H,4H2;;2*1H/q;+2;;/p-2. The Labute approximate surface area is 88.9 Å². The van der Waals surface area contributed by atoms with Crippen LogP contribution in [0.25, 0.3) is 0 Å². The van der Waals surface area contributed by atoms with Crippen LogP contribution in [-0.4, -0.2) is 0 Å². The van der Waals surface area contributed by atoms with Crippen molar-refractivity contribution in [2.75, 3.05) is 0 Å². The minimum absolute atomic E-state index is 0. The first-order valence-electron chi connectivity index (χ1n) is 1.97. The summed E-state index contributed by atoms with van der Waals surface area (Å²) in [6.07, 6.45) is 7.75. The van der Waals surface area contributed by atoms with E-state index >= 15 is 0 Å². The number of rotatable bonds is 0. The third-order valence-corrected chi connectivity index (χ3v) is 1.94. The summed E-state index contributed by atoms with van der Waals surface area (Å²) in [5.74, 6) is 0. The van der Waals surface area contributed by atoms with E-state index in [4.69, 9.17) is 0 Å². The smallest absolute Gasteiger partial charge is 1.00 e. The molecule has 0 N–H and O–H groups in total. The van der Waals surface area contributed by atoms with Crippen molar-refractivity contribution in [3.8, 4) is 0 Å². The van der Waals surface area contributed by atoms with Crippen LogP contribution >= 0.6 is 0 Å². The van der Waals surface area contributed by atoms with Crippen LogP contribution in [0.1, 0.15) is 6.42 Å². The Morgan fingerprint density at radius 3 is 2.12 bits per heavy atom. The average molecular weight is 276 g/mol. The molecule has 43 valence electrons. The Hall–Kier alpha value is 1.44. The summed E-state index contributed by atoms with van der Waals surface area (Å²) < 4.78 is 1.61. The van der Waals surface area contributed by atoms with Crippen LogP contribution in [-0.2, 0) is 0 Å². The Kier molecular flexibility index (Phi) is 9.95. The van der Waals surface area contributed by atoms with Crippen molar-refractivity contribution in [1.29, 1.82) is 0 Å². The molecule has 0 aromatic heterocycles. The summed E-state index contributed by atoms with van der Waals surface area (Å²) in [5, 5.41) is 0. The second-order valence-corrected chi connectivity index (χ2v) is 3.34. The van der Waals surface area contributed by atoms with Crippen LogP contribution in [0.5, 0.6) is 0 Å². The monoisotopic (exact) mass is 275 g/mol. The average Bonchev–Trinajstić information content (AvgIpc) is 1.86.